The number of nitrogens with one attached hydrogen (secondary N) is 1. The van der Waals surface area contributed by atoms with Gasteiger partial charge in [-0.15, -0.1) is 24.0 Å². The van der Waals surface area contributed by atoms with Crippen molar-refractivity contribution in [3.8, 4) is 0 Å². The van der Waals surface area contributed by atoms with Crippen LogP contribution in [0.5, 0.6) is 0 Å². The van der Waals surface area contributed by atoms with E-state index in [1.165, 1.54) is 11.1 Å². The average Bonchev–Trinajstić information content (AvgIpc) is 3.29. The summed E-state index contributed by atoms with van der Waals surface area (Å²) in [6, 6.07) is 10.3. The maximum absolute atomic E-state index is 5.93. The van der Waals surface area contributed by atoms with Gasteiger partial charge in [-0.1, -0.05) is 42.4 Å². The summed E-state index contributed by atoms with van der Waals surface area (Å²) in [6.45, 7) is 10.4. The van der Waals surface area contributed by atoms with Gasteiger partial charge in [-0.25, -0.2) is 0 Å². The van der Waals surface area contributed by atoms with Gasteiger partial charge >= 0.3 is 0 Å². The van der Waals surface area contributed by atoms with E-state index in [-0.39, 0.29) is 24.0 Å². The third-order valence-electron chi connectivity index (χ3n) is 5.41. The van der Waals surface area contributed by atoms with E-state index in [0.717, 1.165) is 50.1 Å². The van der Waals surface area contributed by atoms with E-state index in [0.29, 0.717) is 18.4 Å². The summed E-state index contributed by atoms with van der Waals surface area (Å²) in [4.78, 5) is 6.81. The second kappa shape index (κ2) is 11.5. The van der Waals surface area contributed by atoms with Crippen molar-refractivity contribution in [3.63, 3.8) is 0 Å². The molecule has 1 aliphatic heterocycles. The Morgan fingerprint density at radius 3 is 2.76 bits per heavy atom. The molecule has 7 heteroatoms. The molecule has 1 aliphatic rings. The number of aromatic nitrogens is 1. The number of benzene rings is 1. The Morgan fingerprint density at radius 1 is 1.34 bits per heavy atom. The summed E-state index contributed by atoms with van der Waals surface area (Å²) < 4.78 is 11.2. The Morgan fingerprint density at radius 2 is 2.10 bits per heavy atom. The first-order valence-electron chi connectivity index (χ1n) is 10.1. The number of hydrogen-bond donors (Lipinski definition) is 1. The highest BCUT2D eigenvalue weighted by Gasteiger charge is 2.25. The number of aliphatic imine (C=N–C) groups is 1. The Bertz CT molecular complexity index is 759. The zero-order valence-electron chi connectivity index (χ0n) is 17.9. The Hall–Kier alpha value is -1.61. The third-order valence-corrected chi connectivity index (χ3v) is 5.41. The second-order valence-corrected chi connectivity index (χ2v) is 7.67. The van der Waals surface area contributed by atoms with Crippen molar-refractivity contribution in [1.29, 1.82) is 0 Å². The first-order valence-corrected chi connectivity index (χ1v) is 10.1. The fourth-order valence-corrected chi connectivity index (χ4v) is 3.95. The van der Waals surface area contributed by atoms with E-state index in [1.54, 1.807) is 0 Å². The molecule has 0 radical (unpaired) electrons. The molecule has 6 nitrogen and oxygen atoms in total. The normalized spacial score (nSPS) is 17.9. The summed E-state index contributed by atoms with van der Waals surface area (Å²) in [5.74, 6) is 2.72. The highest BCUT2D eigenvalue weighted by molar-refractivity contribution is 14.0. The molecule has 1 fully saturated rings. The lowest BCUT2D eigenvalue weighted by Crippen LogP contribution is -2.41. The molecule has 0 aliphatic carbocycles. The fraction of sp³-hybridized carbons (Fsp3) is 0.545. The van der Waals surface area contributed by atoms with Gasteiger partial charge in [0.25, 0.3) is 0 Å². The SMILES string of the molecule is CN=C(NCC(C)c1c(C)noc1C)N1CCC(COCc2ccccc2)C1.I. The summed E-state index contributed by atoms with van der Waals surface area (Å²) in [7, 11) is 1.85. The second-order valence-electron chi connectivity index (χ2n) is 7.67. The first kappa shape index (κ1) is 23.7. The molecular weight excluding hydrogens is 479 g/mol. The van der Waals surface area contributed by atoms with Crippen LogP contribution in [0.25, 0.3) is 0 Å². The predicted octanol–water partition coefficient (Wildman–Crippen LogP) is 4.13. The van der Waals surface area contributed by atoms with E-state index in [4.69, 9.17) is 9.26 Å². The number of rotatable bonds is 7. The lowest BCUT2D eigenvalue weighted by molar-refractivity contribution is 0.0906. The topological polar surface area (TPSA) is 62.9 Å². The summed E-state index contributed by atoms with van der Waals surface area (Å²) in [5.41, 5.74) is 3.39. The minimum absolute atomic E-state index is 0. The van der Waals surface area contributed by atoms with Gasteiger partial charge in [0.1, 0.15) is 5.76 Å². The molecule has 2 heterocycles. The molecule has 3 rings (SSSR count). The highest BCUT2D eigenvalue weighted by Crippen LogP contribution is 2.23. The van der Waals surface area contributed by atoms with Crippen LogP contribution in [0.3, 0.4) is 0 Å². The molecule has 0 bridgehead atoms. The summed E-state index contributed by atoms with van der Waals surface area (Å²) in [5, 5.41) is 7.59. The number of ether oxygens (including phenoxy) is 1. The van der Waals surface area contributed by atoms with Crippen molar-refractivity contribution < 1.29 is 9.26 Å². The smallest absolute Gasteiger partial charge is 0.193 e. The monoisotopic (exact) mass is 512 g/mol. The molecule has 0 amide bonds. The molecule has 2 aromatic rings. The lowest BCUT2D eigenvalue weighted by atomic mass is 10.00. The standard InChI is InChI=1S/C22H32N4O2.HI/c1-16(21-17(2)25-28-18(21)3)12-24-22(23-4)26-11-10-20(13-26)15-27-14-19-8-6-5-7-9-19;/h5-9,16,20H,10-15H2,1-4H3,(H,23,24);1H. The van der Waals surface area contributed by atoms with Crippen molar-refractivity contribution in [2.75, 3.05) is 33.3 Å². The Labute approximate surface area is 191 Å². The number of nitrogens with zero attached hydrogens (tertiary/aromatic N) is 3. The van der Waals surface area contributed by atoms with Crippen LogP contribution in [0.4, 0.5) is 0 Å². The molecule has 1 N–H and O–H groups in total. The molecule has 0 spiro atoms. The minimum atomic E-state index is 0. The van der Waals surface area contributed by atoms with Gasteiger partial charge in [0.05, 0.1) is 18.9 Å². The molecule has 1 saturated heterocycles. The molecule has 29 heavy (non-hydrogen) atoms. The number of likely N-dealkylation sites (tertiary alicyclic amines) is 1. The van der Waals surface area contributed by atoms with Crippen LogP contribution >= 0.6 is 24.0 Å². The summed E-state index contributed by atoms with van der Waals surface area (Å²) in [6.07, 6.45) is 1.13. The lowest BCUT2D eigenvalue weighted by Gasteiger charge is -2.23. The minimum Gasteiger partial charge on any atom is -0.376 e. The van der Waals surface area contributed by atoms with Crippen molar-refractivity contribution >= 4 is 29.9 Å². The zero-order chi connectivity index (χ0) is 19.9. The van der Waals surface area contributed by atoms with Crippen molar-refractivity contribution in [2.24, 2.45) is 10.9 Å². The molecule has 1 aromatic carbocycles. The predicted molar refractivity (Wildman–Crippen MR) is 127 cm³/mol. The number of aryl methyl sites for hydroxylation is 2. The third kappa shape index (κ3) is 6.44. The zero-order valence-corrected chi connectivity index (χ0v) is 20.2. The van der Waals surface area contributed by atoms with Crippen LogP contribution < -0.4 is 5.32 Å². The van der Waals surface area contributed by atoms with E-state index >= 15 is 0 Å². The van der Waals surface area contributed by atoms with Gasteiger partial charge in [0.15, 0.2) is 5.96 Å². The largest absolute Gasteiger partial charge is 0.376 e. The maximum atomic E-state index is 5.93. The van der Waals surface area contributed by atoms with Gasteiger partial charge < -0.3 is 19.5 Å². The van der Waals surface area contributed by atoms with Crippen LogP contribution in [0.1, 0.15) is 41.8 Å². The van der Waals surface area contributed by atoms with Crippen LogP contribution in [-0.4, -0.2) is 49.3 Å². The number of hydrogen-bond acceptors (Lipinski definition) is 4. The van der Waals surface area contributed by atoms with Crippen LogP contribution in [0.2, 0.25) is 0 Å². The molecule has 160 valence electrons. The Balaban J connectivity index is 0.00000300. The summed E-state index contributed by atoms with van der Waals surface area (Å²) >= 11 is 0. The van der Waals surface area contributed by atoms with Gasteiger partial charge in [0.2, 0.25) is 0 Å². The molecule has 2 unspecified atom stereocenters. The van der Waals surface area contributed by atoms with Crippen LogP contribution in [0.15, 0.2) is 39.8 Å². The van der Waals surface area contributed by atoms with E-state index in [1.807, 2.05) is 27.0 Å². The molecular formula is C22H33IN4O2. The van der Waals surface area contributed by atoms with Crippen molar-refractivity contribution in [1.82, 2.24) is 15.4 Å². The van der Waals surface area contributed by atoms with Crippen molar-refractivity contribution in [3.05, 3.63) is 52.9 Å². The highest BCUT2D eigenvalue weighted by atomic mass is 127. The van der Waals surface area contributed by atoms with Gasteiger partial charge in [0, 0.05) is 44.1 Å². The van der Waals surface area contributed by atoms with E-state index in [2.05, 4.69) is 51.6 Å². The van der Waals surface area contributed by atoms with E-state index < -0.39 is 0 Å². The van der Waals surface area contributed by atoms with Gasteiger partial charge in [-0.2, -0.15) is 0 Å². The molecule has 0 saturated carbocycles. The van der Waals surface area contributed by atoms with Crippen LogP contribution in [0, 0.1) is 19.8 Å². The fourth-order valence-electron chi connectivity index (χ4n) is 3.95. The van der Waals surface area contributed by atoms with Gasteiger partial charge in [-0.05, 0) is 25.8 Å². The maximum Gasteiger partial charge on any atom is 0.193 e. The van der Waals surface area contributed by atoms with Crippen molar-refractivity contribution in [2.45, 2.75) is 39.7 Å². The Kier molecular flexibility index (Phi) is 9.42. The number of halogens is 1. The average molecular weight is 512 g/mol. The molecule has 2 atom stereocenters. The van der Waals surface area contributed by atoms with Crippen LogP contribution in [-0.2, 0) is 11.3 Å². The first-order chi connectivity index (χ1) is 13.6. The molecule has 1 aromatic heterocycles. The van der Waals surface area contributed by atoms with Gasteiger partial charge in [-0.3, -0.25) is 4.99 Å². The quantitative estimate of drug-likeness (QED) is 0.344. The van der Waals surface area contributed by atoms with E-state index in [9.17, 15) is 0 Å². The number of guanidine groups is 1.